The number of aryl methyl sites for hydroxylation is 1. The SMILES string of the molecule is COc1ccc(-c2cn(CCCC#N)cn2)cn1. The van der Waals surface area contributed by atoms with Gasteiger partial charge in [-0.3, -0.25) is 0 Å². The topological polar surface area (TPSA) is 63.7 Å². The lowest BCUT2D eigenvalue weighted by atomic mass is 10.2. The van der Waals surface area contributed by atoms with Gasteiger partial charge in [0.25, 0.3) is 0 Å². The number of nitriles is 1. The van der Waals surface area contributed by atoms with Gasteiger partial charge in [0.05, 0.1) is 25.2 Å². The summed E-state index contributed by atoms with van der Waals surface area (Å²) in [6, 6.07) is 5.87. The number of hydrogen-bond acceptors (Lipinski definition) is 4. The summed E-state index contributed by atoms with van der Waals surface area (Å²) in [5.74, 6) is 0.590. The minimum atomic E-state index is 0.567. The van der Waals surface area contributed by atoms with Crippen LogP contribution in [0.15, 0.2) is 30.9 Å². The molecule has 92 valence electrons. The van der Waals surface area contributed by atoms with Gasteiger partial charge < -0.3 is 9.30 Å². The van der Waals surface area contributed by atoms with Crippen molar-refractivity contribution in [3.8, 4) is 23.2 Å². The second kappa shape index (κ2) is 5.82. The molecule has 0 fully saturated rings. The average Bonchev–Trinajstić information content (AvgIpc) is 2.88. The van der Waals surface area contributed by atoms with E-state index in [1.807, 2.05) is 22.9 Å². The Morgan fingerprint density at radius 3 is 2.94 bits per heavy atom. The Morgan fingerprint density at radius 2 is 2.28 bits per heavy atom. The fourth-order valence-corrected chi connectivity index (χ4v) is 1.62. The van der Waals surface area contributed by atoms with Crippen LogP contribution in [0.4, 0.5) is 0 Å². The zero-order valence-electron chi connectivity index (χ0n) is 10.2. The number of unbranched alkanes of at least 4 members (excludes halogenated alkanes) is 1. The van der Waals surface area contributed by atoms with E-state index in [1.54, 1.807) is 19.6 Å². The molecule has 18 heavy (non-hydrogen) atoms. The molecule has 5 nitrogen and oxygen atoms in total. The molecule has 0 aliphatic heterocycles. The number of aromatic nitrogens is 3. The summed E-state index contributed by atoms with van der Waals surface area (Å²) in [6.45, 7) is 0.810. The molecular weight excluding hydrogens is 228 g/mol. The van der Waals surface area contributed by atoms with Gasteiger partial charge in [0.1, 0.15) is 0 Å². The summed E-state index contributed by atoms with van der Waals surface area (Å²) in [6.07, 6.45) is 6.88. The maximum absolute atomic E-state index is 8.48. The minimum Gasteiger partial charge on any atom is -0.481 e. The van der Waals surface area contributed by atoms with Crippen LogP contribution in [-0.2, 0) is 6.54 Å². The molecule has 0 aliphatic carbocycles. The number of nitrogens with zero attached hydrogens (tertiary/aromatic N) is 4. The third kappa shape index (κ3) is 2.86. The van der Waals surface area contributed by atoms with E-state index in [0.29, 0.717) is 12.3 Å². The third-order valence-corrected chi connectivity index (χ3v) is 2.58. The molecule has 0 atom stereocenters. The standard InChI is InChI=1S/C13H14N4O/c1-18-13-5-4-11(8-15-13)12-9-17(10-16-12)7-3-2-6-14/h4-5,8-10H,2-3,7H2,1H3. The fraction of sp³-hybridized carbons (Fsp3) is 0.308. The first-order valence-corrected chi connectivity index (χ1v) is 5.72. The summed E-state index contributed by atoms with van der Waals surface area (Å²) in [5.41, 5.74) is 1.83. The van der Waals surface area contributed by atoms with Crippen LogP contribution in [0.2, 0.25) is 0 Å². The number of rotatable bonds is 5. The Bertz CT molecular complexity index is 539. The summed E-state index contributed by atoms with van der Waals surface area (Å²) in [7, 11) is 1.59. The lowest BCUT2D eigenvalue weighted by molar-refractivity contribution is 0.398. The van der Waals surface area contributed by atoms with Crippen molar-refractivity contribution in [3.05, 3.63) is 30.9 Å². The summed E-state index contributed by atoms with van der Waals surface area (Å²) in [5, 5.41) is 8.48. The molecule has 2 aromatic heterocycles. The second-order valence-electron chi connectivity index (χ2n) is 3.85. The van der Waals surface area contributed by atoms with E-state index in [4.69, 9.17) is 10.00 Å². The monoisotopic (exact) mass is 242 g/mol. The molecule has 0 radical (unpaired) electrons. The molecule has 0 saturated carbocycles. The van der Waals surface area contributed by atoms with Crippen molar-refractivity contribution < 1.29 is 4.74 Å². The molecule has 0 amide bonds. The number of methoxy groups -OCH3 is 1. The highest BCUT2D eigenvalue weighted by Crippen LogP contribution is 2.18. The van der Waals surface area contributed by atoms with Crippen LogP contribution < -0.4 is 4.74 Å². The lowest BCUT2D eigenvalue weighted by Crippen LogP contribution is -1.93. The summed E-state index contributed by atoms with van der Waals surface area (Å²) in [4.78, 5) is 8.46. The smallest absolute Gasteiger partial charge is 0.212 e. The summed E-state index contributed by atoms with van der Waals surface area (Å²) >= 11 is 0. The third-order valence-electron chi connectivity index (χ3n) is 2.58. The molecule has 0 unspecified atom stereocenters. The fourth-order valence-electron chi connectivity index (χ4n) is 1.62. The Kier molecular flexibility index (Phi) is 3.92. The van der Waals surface area contributed by atoms with Crippen LogP contribution in [0.1, 0.15) is 12.8 Å². The molecule has 2 rings (SSSR count). The average molecular weight is 242 g/mol. The molecule has 0 aliphatic rings. The van der Waals surface area contributed by atoms with Gasteiger partial charge in [0.2, 0.25) is 5.88 Å². The molecule has 0 aromatic carbocycles. The van der Waals surface area contributed by atoms with Crippen molar-refractivity contribution in [1.82, 2.24) is 14.5 Å². The van der Waals surface area contributed by atoms with E-state index < -0.39 is 0 Å². The van der Waals surface area contributed by atoms with Crippen molar-refractivity contribution in [1.29, 1.82) is 5.26 Å². The van der Waals surface area contributed by atoms with Crippen molar-refractivity contribution >= 4 is 0 Å². The highest BCUT2D eigenvalue weighted by Gasteiger charge is 2.03. The largest absolute Gasteiger partial charge is 0.481 e. The van der Waals surface area contributed by atoms with Crippen LogP contribution >= 0.6 is 0 Å². The van der Waals surface area contributed by atoms with Gasteiger partial charge >= 0.3 is 0 Å². The van der Waals surface area contributed by atoms with Gasteiger partial charge in [-0.25, -0.2) is 9.97 Å². The van der Waals surface area contributed by atoms with Crippen molar-refractivity contribution in [2.24, 2.45) is 0 Å². The quantitative estimate of drug-likeness (QED) is 0.754. The maximum Gasteiger partial charge on any atom is 0.212 e. The van der Waals surface area contributed by atoms with Gasteiger partial charge in [-0.15, -0.1) is 0 Å². The molecule has 2 heterocycles. The second-order valence-corrected chi connectivity index (χ2v) is 3.85. The number of hydrogen-bond donors (Lipinski definition) is 0. The first-order chi connectivity index (χ1) is 8.83. The van der Waals surface area contributed by atoms with Gasteiger partial charge in [0, 0.05) is 37.0 Å². The number of ether oxygens (including phenoxy) is 1. The van der Waals surface area contributed by atoms with Gasteiger partial charge in [-0.05, 0) is 12.5 Å². The Hall–Kier alpha value is -2.35. The highest BCUT2D eigenvalue weighted by atomic mass is 16.5. The normalized spacial score (nSPS) is 10.0. The Balaban J connectivity index is 2.06. The minimum absolute atomic E-state index is 0.567. The van der Waals surface area contributed by atoms with E-state index in [0.717, 1.165) is 24.2 Å². The zero-order valence-corrected chi connectivity index (χ0v) is 10.2. The molecule has 0 N–H and O–H groups in total. The molecule has 2 aromatic rings. The predicted molar refractivity (Wildman–Crippen MR) is 66.9 cm³/mol. The summed E-state index contributed by atoms with van der Waals surface area (Å²) < 4.78 is 6.99. The first-order valence-electron chi connectivity index (χ1n) is 5.72. The lowest BCUT2D eigenvalue weighted by Gasteiger charge is -2.00. The Morgan fingerprint density at radius 1 is 1.39 bits per heavy atom. The molecule has 0 saturated heterocycles. The van der Waals surface area contributed by atoms with E-state index >= 15 is 0 Å². The van der Waals surface area contributed by atoms with Crippen LogP contribution in [-0.4, -0.2) is 21.6 Å². The van der Waals surface area contributed by atoms with Crippen LogP contribution in [0, 0.1) is 11.3 Å². The molecule has 0 spiro atoms. The van der Waals surface area contributed by atoms with Crippen LogP contribution in [0.3, 0.4) is 0 Å². The van der Waals surface area contributed by atoms with E-state index in [1.165, 1.54) is 0 Å². The van der Waals surface area contributed by atoms with Gasteiger partial charge in [-0.2, -0.15) is 5.26 Å². The van der Waals surface area contributed by atoms with Gasteiger partial charge in [0.15, 0.2) is 0 Å². The van der Waals surface area contributed by atoms with Crippen molar-refractivity contribution in [3.63, 3.8) is 0 Å². The van der Waals surface area contributed by atoms with E-state index in [-0.39, 0.29) is 0 Å². The van der Waals surface area contributed by atoms with E-state index in [2.05, 4.69) is 16.0 Å². The zero-order chi connectivity index (χ0) is 12.8. The van der Waals surface area contributed by atoms with Gasteiger partial charge in [-0.1, -0.05) is 0 Å². The molecule has 0 bridgehead atoms. The van der Waals surface area contributed by atoms with Crippen LogP contribution in [0.5, 0.6) is 5.88 Å². The van der Waals surface area contributed by atoms with E-state index in [9.17, 15) is 0 Å². The van der Waals surface area contributed by atoms with Crippen LogP contribution in [0.25, 0.3) is 11.3 Å². The maximum atomic E-state index is 8.48. The Labute approximate surface area is 106 Å². The molecular formula is C13H14N4O. The van der Waals surface area contributed by atoms with Crippen molar-refractivity contribution in [2.75, 3.05) is 7.11 Å². The predicted octanol–water partition coefficient (Wildman–Crippen LogP) is 2.26. The number of imidazole rings is 1. The first kappa shape index (κ1) is 12.1. The van der Waals surface area contributed by atoms with Crippen molar-refractivity contribution in [2.45, 2.75) is 19.4 Å². The number of pyridine rings is 1. The highest BCUT2D eigenvalue weighted by molar-refractivity contribution is 5.57. The molecule has 5 heteroatoms.